The summed E-state index contributed by atoms with van der Waals surface area (Å²) >= 11 is 0. The molecular weight excluding hydrogens is 322 g/mol. The van der Waals surface area contributed by atoms with E-state index in [1.807, 2.05) is 41.0 Å². The van der Waals surface area contributed by atoms with E-state index in [1.54, 1.807) is 6.33 Å². The van der Waals surface area contributed by atoms with Crippen LogP contribution in [0.1, 0.15) is 0 Å². The highest BCUT2D eigenvalue weighted by atomic mass is 16.3. The highest BCUT2D eigenvalue weighted by Crippen LogP contribution is 2.29. The molecule has 4 nitrogen and oxygen atoms in total. The van der Waals surface area contributed by atoms with Crippen LogP contribution in [0.2, 0.25) is 0 Å². The van der Waals surface area contributed by atoms with E-state index in [0.717, 1.165) is 22.1 Å². The monoisotopic (exact) mass is 341 g/mol. The third kappa shape index (κ3) is 2.38. The van der Waals surface area contributed by atoms with Gasteiger partial charge in [-0.3, -0.25) is 0 Å². The molecule has 5 rings (SSSR count). The number of hydrogen-bond acceptors (Lipinski definition) is 2. The molecule has 0 spiro atoms. The van der Waals surface area contributed by atoms with Gasteiger partial charge in [-0.2, -0.15) is 0 Å². The molecular formula is C22H19N3O. The third-order valence-corrected chi connectivity index (χ3v) is 5.01. The number of hydrogen-bond donors (Lipinski definition) is 1. The Hall–Kier alpha value is -3.11. The van der Waals surface area contributed by atoms with Crippen LogP contribution in [-0.4, -0.2) is 25.3 Å². The maximum absolute atomic E-state index is 10.8. The molecule has 0 unspecified atom stereocenters. The molecule has 4 heteroatoms. The molecule has 0 bridgehead atoms. The molecule has 0 amide bonds. The van der Waals surface area contributed by atoms with Crippen molar-refractivity contribution in [1.82, 2.24) is 14.1 Å². The number of imidazole rings is 1. The standard InChI is InChI=1S/C22H19N3O/c26-16(13-24-15-23-19-9-3-6-12-22(19)24)14-25-20-10-4-1-7-17(20)18-8-2-5-11-21(18)25/h1-12,15-16,26H,13-14H2/t16-/m1/s1. The average molecular weight is 341 g/mol. The van der Waals surface area contributed by atoms with Gasteiger partial charge in [0.15, 0.2) is 0 Å². The van der Waals surface area contributed by atoms with Crippen LogP contribution in [0.4, 0.5) is 0 Å². The second-order valence-electron chi connectivity index (χ2n) is 6.68. The lowest BCUT2D eigenvalue weighted by molar-refractivity contribution is 0.138. The fourth-order valence-electron chi connectivity index (χ4n) is 3.85. The first-order valence-electron chi connectivity index (χ1n) is 8.85. The van der Waals surface area contributed by atoms with Crippen molar-refractivity contribution >= 4 is 32.8 Å². The summed E-state index contributed by atoms with van der Waals surface area (Å²) in [5.41, 5.74) is 4.32. The minimum Gasteiger partial charge on any atom is -0.389 e. The normalized spacial score (nSPS) is 13.0. The highest BCUT2D eigenvalue weighted by Gasteiger charge is 2.14. The maximum Gasteiger partial charge on any atom is 0.0959 e. The van der Waals surface area contributed by atoms with Gasteiger partial charge in [0.05, 0.1) is 36.6 Å². The van der Waals surface area contributed by atoms with Crippen molar-refractivity contribution < 1.29 is 5.11 Å². The van der Waals surface area contributed by atoms with E-state index >= 15 is 0 Å². The van der Waals surface area contributed by atoms with Gasteiger partial charge in [-0.05, 0) is 24.3 Å². The Kier molecular flexibility index (Phi) is 3.50. The second kappa shape index (κ2) is 6.00. The lowest BCUT2D eigenvalue weighted by Gasteiger charge is -2.15. The van der Waals surface area contributed by atoms with Crippen molar-refractivity contribution in [2.45, 2.75) is 19.2 Å². The van der Waals surface area contributed by atoms with Gasteiger partial charge < -0.3 is 14.2 Å². The largest absolute Gasteiger partial charge is 0.389 e. The van der Waals surface area contributed by atoms with E-state index in [1.165, 1.54) is 10.8 Å². The summed E-state index contributed by atoms with van der Waals surface area (Å²) < 4.78 is 4.24. The smallest absolute Gasteiger partial charge is 0.0959 e. The first-order chi connectivity index (χ1) is 12.8. The molecule has 0 saturated carbocycles. The van der Waals surface area contributed by atoms with E-state index in [-0.39, 0.29) is 0 Å². The quantitative estimate of drug-likeness (QED) is 0.532. The van der Waals surface area contributed by atoms with Crippen LogP contribution < -0.4 is 0 Å². The fraction of sp³-hybridized carbons (Fsp3) is 0.136. The van der Waals surface area contributed by atoms with E-state index in [9.17, 15) is 5.11 Å². The molecule has 0 fully saturated rings. The number of fused-ring (bicyclic) bond motifs is 4. The molecule has 1 atom stereocenters. The molecule has 0 aliphatic rings. The van der Waals surface area contributed by atoms with Crippen LogP contribution in [0.3, 0.4) is 0 Å². The molecule has 1 N–H and O–H groups in total. The van der Waals surface area contributed by atoms with E-state index in [4.69, 9.17) is 0 Å². The van der Waals surface area contributed by atoms with Gasteiger partial charge in [-0.25, -0.2) is 4.98 Å². The van der Waals surface area contributed by atoms with Gasteiger partial charge in [0.2, 0.25) is 0 Å². The number of aliphatic hydroxyl groups excluding tert-OH is 1. The Morgan fingerprint density at radius 3 is 2.00 bits per heavy atom. The van der Waals surface area contributed by atoms with Crippen LogP contribution in [0.5, 0.6) is 0 Å². The highest BCUT2D eigenvalue weighted by molar-refractivity contribution is 6.07. The minimum atomic E-state index is -0.508. The number of nitrogens with zero attached hydrogens (tertiary/aromatic N) is 3. The van der Waals surface area contributed by atoms with E-state index in [2.05, 4.69) is 45.9 Å². The fourth-order valence-corrected chi connectivity index (χ4v) is 3.85. The predicted molar refractivity (Wildman–Crippen MR) is 105 cm³/mol. The average Bonchev–Trinajstić information content (AvgIpc) is 3.22. The van der Waals surface area contributed by atoms with Crippen LogP contribution >= 0.6 is 0 Å². The van der Waals surface area contributed by atoms with Crippen molar-refractivity contribution in [2.75, 3.05) is 0 Å². The van der Waals surface area contributed by atoms with Gasteiger partial charge >= 0.3 is 0 Å². The number of rotatable bonds is 4. The molecule has 2 heterocycles. The topological polar surface area (TPSA) is 43.0 Å². The molecule has 0 radical (unpaired) electrons. The Balaban J connectivity index is 1.52. The molecule has 5 aromatic rings. The van der Waals surface area contributed by atoms with Crippen molar-refractivity contribution in [2.24, 2.45) is 0 Å². The lowest BCUT2D eigenvalue weighted by Crippen LogP contribution is -2.21. The molecule has 0 aliphatic carbocycles. The molecule has 128 valence electrons. The van der Waals surface area contributed by atoms with Gasteiger partial charge in [0, 0.05) is 21.8 Å². The van der Waals surface area contributed by atoms with Crippen LogP contribution in [0.25, 0.3) is 32.8 Å². The van der Waals surface area contributed by atoms with Crippen LogP contribution in [0.15, 0.2) is 79.1 Å². The number of aliphatic hydroxyl groups is 1. The van der Waals surface area contributed by atoms with Crippen molar-refractivity contribution in [3.63, 3.8) is 0 Å². The van der Waals surface area contributed by atoms with E-state index in [0.29, 0.717) is 13.1 Å². The number of benzene rings is 3. The van der Waals surface area contributed by atoms with Crippen LogP contribution in [0, 0.1) is 0 Å². The van der Waals surface area contributed by atoms with Gasteiger partial charge in [0.1, 0.15) is 0 Å². The predicted octanol–water partition coefficient (Wildman–Crippen LogP) is 4.21. The summed E-state index contributed by atoms with van der Waals surface area (Å²) in [6.45, 7) is 1.06. The summed E-state index contributed by atoms with van der Waals surface area (Å²) in [6.07, 6.45) is 1.30. The zero-order valence-corrected chi connectivity index (χ0v) is 14.3. The Morgan fingerprint density at radius 1 is 0.731 bits per heavy atom. The zero-order valence-electron chi connectivity index (χ0n) is 14.3. The van der Waals surface area contributed by atoms with Crippen molar-refractivity contribution in [1.29, 1.82) is 0 Å². The summed E-state index contributed by atoms with van der Waals surface area (Å²) in [4.78, 5) is 4.41. The van der Waals surface area contributed by atoms with Gasteiger partial charge in [-0.1, -0.05) is 48.5 Å². The Morgan fingerprint density at radius 2 is 1.31 bits per heavy atom. The lowest BCUT2D eigenvalue weighted by atomic mass is 10.2. The molecule has 0 aliphatic heterocycles. The summed E-state index contributed by atoms with van der Waals surface area (Å²) in [5.74, 6) is 0. The Labute approximate surface area is 150 Å². The van der Waals surface area contributed by atoms with Gasteiger partial charge in [0.25, 0.3) is 0 Å². The molecule has 2 aromatic heterocycles. The number of aromatic nitrogens is 3. The first-order valence-corrected chi connectivity index (χ1v) is 8.85. The summed E-state index contributed by atoms with van der Waals surface area (Å²) in [5, 5.41) is 13.3. The van der Waals surface area contributed by atoms with Crippen molar-refractivity contribution in [3.05, 3.63) is 79.1 Å². The summed E-state index contributed by atoms with van der Waals surface area (Å²) in [7, 11) is 0. The number of para-hydroxylation sites is 4. The van der Waals surface area contributed by atoms with E-state index < -0.39 is 6.10 Å². The maximum atomic E-state index is 10.8. The molecule has 3 aromatic carbocycles. The van der Waals surface area contributed by atoms with Crippen molar-refractivity contribution in [3.8, 4) is 0 Å². The van der Waals surface area contributed by atoms with Crippen LogP contribution in [-0.2, 0) is 13.1 Å². The first kappa shape index (κ1) is 15.2. The third-order valence-electron chi connectivity index (χ3n) is 5.01. The molecule has 0 saturated heterocycles. The second-order valence-corrected chi connectivity index (χ2v) is 6.68. The Bertz CT molecular complexity index is 1160. The summed E-state index contributed by atoms with van der Waals surface area (Å²) in [6, 6.07) is 24.8. The minimum absolute atomic E-state index is 0.508. The van der Waals surface area contributed by atoms with Gasteiger partial charge in [-0.15, -0.1) is 0 Å². The molecule has 26 heavy (non-hydrogen) atoms. The zero-order chi connectivity index (χ0) is 17.5. The SMILES string of the molecule is O[C@H](Cn1cnc2ccccc21)Cn1c2ccccc2c2ccccc21.